The highest BCUT2D eigenvalue weighted by molar-refractivity contribution is 9.10. The van der Waals surface area contributed by atoms with Gasteiger partial charge >= 0.3 is 0 Å². The van der Waals surface area contributed by atoms with E-state index in [2.05, 4.69) is 31.5 Å². The number of carbonyl (C=O) groups excluding carboxylic acids is 2. The molecule has 2 aromatic rings. The van der Waals surface area contributed by atoms with Crippen molar-refractivity contribution < 1.29 is 14.3 Å². The normalized spacial score (nSPS) is 13.4. The van der Waals surface area contributed by atoms with Gasteiger partial charge in [-0.1, -0.05) is 22.0 Å². The summed E-state index contributed by atoms with van der Waals surface area (Å²) in [5.41, 5.74) is 2.64. The van der Waals surface area contributed by atoms with Gasteiger partial charge in [0.1, 0.15) is 0 Å². The molecule has 1 heterocycles. The molecular formula is C22H26BrN3O3. The van der Waals surface area contributed by atoms with Gasteiger partial charge in [0.2, 0.25) is 0 Å². The highest BCUT2D eigenvalue weighted by Crippen LogP contribution is 2.28. The maximum atomic E-state index is 12.8. The van der Waals surface area contributed by atoms with Crippen molar-refractivity contribution in [1.29, 1.82) is 0 Å². The SMILES string of the molecule is COCCCNC(=O)c1cc(NC(=O)c2cccc(Br)c2)ccc1N1CCCC1. The Morgan fingerprint density at radius 1 is 1.10 bits per heavy atom. The smallest absolute Gasteiger partial charge is 0.255 e. The lowest BCUT2D eigenvalue weighted by Gasteiger charge is -2.22. The van der Waals surface area contributed by atoms with Gasteiger partial charge in [-0.15, -0.1) is 0 Å². The molecule has 1 aliphatic rings. The van der Waals surface area contributed by atoms with Gasteiger partial charge in [-0.25, -0.2) is 0 Å². The number of amides is 2. The zero-order chi connectivity index (χ0) is 20.6. The van der Waals surface area contributed by atoms with Crippen LogP contribution in [0.15, 0.2) is 46.9 Å². The van der Waals surface area contributed by atoms with Crippen molar-refractivity contribution in [2.24, 2.45) is 0 Å². The first-order valence-electron chi connectivity index (χ1n) is 9.81. The molecule has 6 nitrogen and oxygen atoms in total. The second-order valence-corrected chi connectivity index (χ2v) is 7.91. The van der Waals surface area contributed by atoms with Crippen LogP contribution in [-0.4, -0.2) is 45.2 Å². The lowest BCUT2D eigenvalue weighted by atomic mass is 10.1. The van der Waals surface area contributed by atoms with Crippen LogP contribution in [0.5, 0.6) is 0 Å². The lowest BCUT2D eigenvalue weighted by Crippen LogP contribution is -2.29. The summed E-state index contributed by atoms with van der Waals surface area (Å²) < 4.78 is 5.88. The van der Waals surface area contributed by atoms with Crippen LogP contribution in [0.2, 0.25) is 0 Å². The van der Waals surface area contributed by atoms with E-state index in [1.54, 1.807) is 25.3 Å². The highest BCUT2D eigenvalue weighted by Gasteiger charge is 2.20. The van der Waals surface area contributed by atoms with E-state index in [0.29, 0.717) is 30.0 Å². The van der Waals surface area contributed by atoms with Gasteiger partial charge in [-0.3, -0.25) is 9.59 Å². The molecule has 2 N–H and O–H groups in total. The molecule has 0 spiro atoms. The summed E-state index contributed by atoms with van der Waals surface area (Å²) in [4.78, 5) is 27.6. The summed E-state index contributed by atoms with van der Waals surface area (Å²) in [6, 6.07) is 12.7. The van der Waals surface area contributed by atoms with E-state index >= 15 is 0 Å². The number of nitrogens with one attached hydrogen (secondary N) is 2. The molecule has 7 heteroatoms. The summed E-state index contributed by atoms with van der Waals surface area (Å²) in [6.45, 7) is 3.02. The van der Waals surface area contributed by atoms with Gasteiger partial charge in [0.25, 0.3) is 11.8 Å². The fourth-order valence-corrected chi connectivity index (χ4v) is 3.78. The first-order valence-corrected chi connectivity index (χ1v) is 10.6. The molecule has 1 aliphatic heterocycles. The van der Waals surface area contributed by atoms with Crippen molar-refractivity contribution in [3.63, 3.8) is 0 Å². The van der Waals surface area contributed by atoms with Crippen molar-refractivity contribution in [2.45, 2.75) is 19.3 Å². The summed E-state index contributed by atoms with van der Waals surface area (Å²) in [6.07, 6.45) is 2.99. The number of hydrogen-bond donors (Lipinski definition) is 2. The topological polar surface area (TPSA) is 70.7 Å². The third-order valence-electron chi connectivity index (χ3n) is 4.84. The van der Waals surface area contributed by atoms with Gasteiger partial charge in [0, 0.05) is 54.8 Å². The van der Waals surface area contributed by atoms with E-state index in [4.69, 9.17) is 4.74 Å². The largest absolute Gasteiger partial charge is 0.385 e. The average molecular weight is 460 g/mol. The number of hydrogen-bond acceptors (Lipinski definition) is 4. The second-order valence-electron chi connectivity index (χ2n) is 6.99. The Morgan fingerprint density at radius 2 is 1.90 bits per heavy atom. The predicted octanol–water partition coefficient (Wildman–Crippen LogP) is 4.07. The Bertz CT molecular complexity index is 866. The Hall–Kier alpha value is -2.38. The Labute approximate surface area is 179 Å². The van der Waals surface area contributed by atoms with Gasteiger partial charge in [-0.05, 0) is 55.7 Å². The van der Waals surface area contributed by atoms with E-state index in [0.717, 1.165) is 42.5 Å². The minimum atomic E-state index is -0.216. The number of carbonyl (C=O) groups is 2. The molecule has 1 saturated heterocycles. The zero-order valence-electron chi connectivity index (χ0n) is 16.5. The van der Waals surface area contributed by atoms with E-state index in [9.17, 15) is 9.59 Å². The molecule has 3 rings (SSSR count). The number of benzene rings is 2. The number of rotatable bonds is 8. The van der Waals surface area contributed by atoms with E-state index in [-0.39, 0.29) is 11.8 Å². The molecule has 0 bridgehead atoms. The maximum Gasteiger partial charge on any atom is 0.255 e. The molecule has 2 aromatic carbocycles. The summed E-state index contributed by atoms with van der Waals surface area (Å²) >= 11 is 3.38. The summed E-state index contributed by atoms with van der Waals surface area (Å²) in [7, 11) is 1.64. The molecular weight excluding hydrogens is 434 g/mol. The fraction of sp³-hybridized carbons (Fsp3) is 0.364. The quantitative estimate of drug-likeness (QED) is 0.583. The number of methoxy groups -OCH3 is 1. The molecule has 2 amide bonds. The molecule has 154 valence electrons. The van der Waals surface area contributed by atoms with E-state index in [1.807, 2.05) is 24.3 Å². The predicted molar refractivity (Wildman–Crippen MR) is 119 cm³/mol. The molecule has 0 radical (unpaired) electrons. The van der Waals surface area contributed by atoms with Crippen molar-refractivity contribution in [2.75, 3.05) is 43.6 Å². The van der Waals surface area contributed by atoms with Gasteiger partial charge in [0.15, 0.2) is 0 Å². The summed E-state index contributed by atoms with van der Waals surface area (Å²) in [5.74, 6) is -0.353. The van der Waals surface area contributed by atoms with Crippen molar-refractivity contribution in [3.8, 4) is 0 Å². The van der Waals surface area contributed by atoms with E-state index in [1.165, 1.54) is 0 Å². The van der Waals surface area contributed by atoms with Crippen LogP contribution in [0.4, 0.5) is 11.4 Å². The maximum absolute atomic E-state index is 12.8. The average Bonchev–Trinajstić information content (AvgIpc) is 3.25. The molecule has 0 unspecified atom stereocenters. The molecule has 1 fully saturated rings. The number of halogens is 1. The Kier molecular flexibility index (Phi) is 7.66. The van der Waals surface area contributed by atoms with Crippen molar-refractivity contribution in [3.05, 3.63) is 58.1 Å². The number of anilines is 2. The highest BCUT2D eigenvalue weighted by atomic mass is 79.9. The Balaban J connectivity index is 1.79. The van der Waals surface area contributed by atoms with Crippen LogP contribution in [0.3, 0.4) is 0 Å². The minimum absolute atomic E-state index is 0.137. The second kappa shape index (κ2) is 10.4. The molecule has 29 heavy (non-hydrogen) atoms. The van der Waals surface area contributed by atoms with Crippen LogP contribution < -0.4 is 15.5 Å². The minimum Gasteiger partial charge on any atom is -0.385 e. The van der Waals surface area contributed by atoms with Gasteiger partial charge in [-0.2, -0.15) is 0 Å². The van der Waals surface area contributed by atoms with Crippen LogP contribution in [0.25, 0.3) is 0 Å². The fourth-order valence-electron chi connectivity index (χ4n) is 3.38. The van der Waals surface area contributed by atoms with Crippen LogP contribution in [-0.2, 0) is 4.74 Å². The van der Waals surface area contributed by atoms with Crippen molar-refractivity contribution in [1.82, 2.24) is 5.32 Å². The Morgan fingerprint density at radius 3 is 2.62 bits per heavy atom. The van der Waals surface area contributed by atoms with Gasteiger partial charge in [0.05, 0.1) is 5.56 Å². The monoisotopic (exact) mass is 459 g/mol. The van der Waals surface area contributed by atoms with Crippen LogP contribution in [0.1, 0.15) is 40.0 Å². The molecule has 0 aliphatic carbocycles. The number of nitrogens with zero attached hydrogens (tertiary/aromatic N) is 1. The van der Waals surface area contributed by atoms with Crippen LogP contribution in [0, 0.1) is 0 Å². The third kappa shape index (κ3) is 5.81. The van der Waals surface area contributed by atoms with Crippen LogP contribution >= 0.6 is 15.9 Å². The lowest BCUT2D eigenvalue weighted by molar-refractivity contribution is 0.0947. The van der Waals surface area contributed by atoms with Crippen molar-refractivity contribution >= 4 is 39.1 Å². The zero-order valence-corrected chi connectivity index (χ0v) is 18.1. The first-order chi connectivity index (χ1) is 14.1. The molecule has 0 saturated carbocycles. The standard InChI is InChI=1S/C22H26BrN3O3/c1-29-13-5-10-24-22(28)19-15-18(8-9-20(19)26-11-2-3-12-26)25-21(27)16-6-4-7-17(23)14-16/h4,6-9,14-15H,2-3,5,10-13H2,1H3,(H,24,28)(H,25,27). The van der Waals surface area contributed by atoms with Gasteiger partial charge < -0.3 is 20.3 Å². The molecule has 0 aromatic heterocycles. The summed E-state index contributed by atoms with van der Waals surface area (Å²) in [5, 5.41) is 5.85. The molecule has 0 atom stereocenters. The first kappa shape index (κ1) is 21.3. The number of ether oxygens (including phenoxy) is 1. The third-order valence-corrected chi connectivity index (χ3v) is 5.34. The van der Waals surface area contributed by atoms with E-state index < -0.39 is 0 Å².